The second-order valence-corrected chi connectivity index (χ2v) is 8.16. The third kappa shape index (κ3) is 6.70. The maximum atomic E-state index is 12.4. The van der Waals surface area contributed by atoms with Crippen LogP contribution in [0.25, 0.3) is 6.08 Å². The molecule has 0 unspecified atom stereocenters. The molecule has 1 N–H and O–H groups in total. The van der Waals surface area contributed by atoms with Crippen LogP contribution in [0.1, 0.15) is 34.0 Å². The molecular formula is C26H27NO5S. The van der Waals surface area contributed by atoms with Gasteiger partial charge < -0.3 is 19.5 Å². The van der Waals surface area contributed by atoms with Crippen molar-refractivity contribution < 1.29 is 23.8 Å². The zero-order valence-electron chi connectivity index (χ0n) is 18.9. The van der Waals surface area contributed by atoms with Crippen LogP contribution in [-0.4, -0.2) is 32.0 Å². The van der Waals surface area contributed by atoms with Crippen LogP contribution >= 0.6 is 11.3 Å². The molecule has 2 aromatic carbocycles. The minimum Gasteiger partial charge on any atom is -0.495 e. The lowest BCUT2D eigenvalue weighted by Crippen LogP contribution is -2.20. The molecule has 0 spiro atoms. The number of benzene rings is 2. The summed E-state index contributed by atoms with van der Waals surface area (Å²) >= 11 is 1.51. The van der Waals surface area contributed by atoms with E-state index in [1.54, 1.807) is 43.5 Å². The van der Waals surface area contributed by atoms with E-state index in [9.17, 15) is 9.59 Å². The van der Waals surface area contributed by atoms with Gasteiger partial charge in [-0.1, -0.05) is 31.2 Å². The number of carbonyl (C=O) groups is 2. The van der Waals surface area contributed by atoms with Crippen molar-refractivity contribution in [2.75, 3.05) is 25.6 Å². The number of hydrogen-bond acceptors (Lipinski definition) is 6. The number of aryl methyl sites for hydroxylation is 1. The van der Waals surface area contributed by atoms with Crippen molar-refractivity contribution in [2.24, 2.45) is 0 Å². The van der Waals surface area contributed by atoms with Crippen LogP contribution in [0.4, 0.5) is 5.69 Å². The zero-order valence-corrected chi connectivity index (χ0v) is 19.7. The fourth-order valence-electron chi connectivity index (χ4n) is 3.05. The second-order valence-electron chi connectivity index (χ2n) is 6.99. The lowest BCUT2D eigenvalue weighted by Gasteiger charge is -2.13. The topological polar surface area (TPSA) is 73.9 Å². The van der Waals surface area contributed by atoms with E-state index in [0.29, 0.717) is 34.4 Å². The highest BCUT2D eigenvalue weighted by Crippen LogP contribution is 2.29. The lowest BCUT2D eigenvalue weighted by molar-refractivity contribution is -0.118. The molecule has 0 fully saturated rings. The normalized spacial score (nSPS) is 10.8. The van der Waals surface area contributed by atoms with E-state index >= 15 is 0 Å². The van der Waals surface area contributed by atoms with Crippen molar-refractivity contribution in [3.8, 4) is 17.2 Å². The summed E-state index contributed by atoms with van der Waals surface area (Å²) in [5.41, 5.74) is 1.37. The Hall–Kier alpha value is -3.58. The number of anilines is 1. The van der Waals surface area contributed by atoms with E-state index in [2.05, 4.69) is 12.2 Å². The summed E-state index contributed by atoms with van der Waals surface area (Å²) in [6.07, 6.45) is 4.21. The molecule has 3 rings (SSSR count). The van der Waals surface area contributed by atoms with Gasteiger partial charge in [0.2, 0.25) is 0 Å². The molecule has 172 valence electrons. The number of carbonyl (C=O) groups excluding carboxylic acids is 2. The van der Waals surface area contributed by atoms with Crippen LogP contribution in [0.2, 0.25) is 0 Å². The molecule has 3 aromatic rings. The maximum Gasteiger partial charge on any atom is 0.262 e. The first-order valence-corrected chi connectivity index (χ1v) is 11.5. The molecule has 0 saturated heterocycles. The van der Waals surface area contributed by atoms with E-state index in [1.807, 2.05) is 37.3 Å². The smallest absolute Gasteiger partial charge is 0.262 e. The predicted molar refractivity (Wildman–Crippen MR) is 132 cm³/mol. The summed E-state index contributed by atoms with van der Waals surface area (Å²) in [5, 5.41) is 2.77. The van der Waals surface area contributed by atoms with Gasteiger partial charge in [0.25, 0.3) is 5.91 Å². The molecule has 0 radical (unpaired) electrons. The number of nitrogens with one attached hydrogen (secondary N) is 1. The number of para-hydroxylation sites is 2. The minimum absolute atomic E-state index is 0.0361. The Kier molecular flexibility index (Phi) is 8.66. The number of methoxy groups -OCH3 is 1. The van der Waals surface area contributed by atoms with Gasteiger partial charge in [0.15, 0.2) is 23.9 Å². The van der Waals surface area contributed by atoms with Gasteiger partial charge >= 0.3 is 0 Å². The summed E-state index contributed by atoms with van der Waals surface area (Å²) in [4.78, 5) is 26.7. The fourth-order valence-corrected chi connectivity index (χ4v) is 3.92. The van der Waals surface area contributed by atoms with Crippen LogP contribution in [0.3, 0.4) is 0 Å². The third-order valence-corrected chi connectivity index (χ3v) is 5.93. The van der Waals surface area contributed by atoms with Crippen LogP contribution in [0, 0.1) is 0 Å². The van der Waals surface area contributed by atoms with Crippen LogP contribution in [0.15, 0.2) is 60.7 Å². The molecule has 7 heteroatoms. The third-order valence-electron chi connectivity index (χ3n) is 4.69. The summed E-state index contributed by atoms with van der Waals surface area (Å²) in [7, 11) is 1.54. The number of amides is 1. The Morgan fingerprint density at radius 2 is 1.79 bits per heavy atom. The van der Waals surface area contributed by atoms with Gasteiger partial charge in [-0.2, -0.15) is 0 Å². The molecule has 0 bridgehead atoms. The van der Waals surface area contributed by atoms with Crippen molar-refractivity contribution >= 4 is 34.8 Å². The Morgan fingerprint density at radius 1 is 0.970 bits per heavy atom. The van der Waals surface area contributed by atoms with E-state index in [1.165, 1.54) is 16.2 Å². The highest BCUT2D eigenvalue weighted by Gasteiger charge is 2.11. The summed E-state index contributed by atoms with van der Waals surface area (Å²) in [6, 6.07) is 16.3. The van der Waals surface area contributed by atoms with Crippen LogP contribution < -0.4 is 19.5 Å². The van der Waals surface area contributed by atoms with E-state index < -0.39 is 0 Å². The number of hydrogen-bond donors (Lipinski definition) is 1. The number of ether oxygens (including phenoxy) is 3. The molecule has 0 aliphatic heterocycles. The number of ketones is 1. The van der Waals surface area contributed by atoms with Gasteiger partial charge in [-0.15, -0.1) is 11.3 Å². The quantitative estimate of drug-likeness (QED) is 0.293. The van der Waals surface area contributed by atoms with Crippen molar-refractivity contribution in [1.29, 1.82) is 0 Å². The molecule has 33 heavy (non-hydrogen) atoms. The standard InChI is InChI=1S/C26H27NO5S/c1-4-19-12-15-25(33-19)21(28)13-10-18-11-14-23(24(16-18)31-5-2)32-17-26(29)27-20-8-6-7-9-22(20)30-3/h6-16H,4-5,17H2,1-3H3,(H,27,29)/b13-10+. The Labute approximate surface area is 197 Å². The van der Waals surface area contributed by atoms with Crippen molar-refractivity contribution in [3.05, 3.63) is 76.0 Å². The monoisotopic (exact) mass is 465 g/mol. The number of allylic oxidation sites excluding steroid dienone is 1. The van der Waals surface area contributed by atoms with E-state index in [0.717, 1.165) is 12.0 Å². The first-order valence-electron chi connectivity index (χ1n) is 10.7. The van der Waals surface area contributed by atoms with Gasteiger partial charge in [0, 0.05) is 4.88 Å². The molecule has 1 amide bonds. The highest BCUT2D eigenvalue weighted by molar-refractivity contribution is 7.14. The maximum absolute atomic E-state index is 12.4. The average Bonchev–Trinajstić information content (AvgIpc) is 3.32. The molecule has 0 aliphatic carbocycles. The van der Waals surface area contributed by atoms with Gasteiger partial charge in [-0.3, -0.25) is 9.59 Å². The van der Waals surface area contributed by atoms with Gasteiger partial charge in [-0.25, -0.2) is 0 Å². The first kappa shape index (κ1) is 24.1. The fraction of sp³-hybridized carbons (Fsp3) is 0.231. The lowest BCUT2D eigenvalue weighted by atomic mass is 10.1. The van der Waals surface area contributed by atoms with Crippen molar-refractivity contribution in [2.45, 2.75) is 20.3 Å². The van der Waals surface area contributed by atoms with E-state index in [-0.39, 0.29) is 18.3 Å². The molecule has 6 nitrogen and oxygen atoms in total. The number of rotatable bonds is 11. The summed E-state index contributed by atoms with van der Waals surface area (Å²) in [6.45, 7) is 4.18. The second kappa shape index (κ2) is 11.9. The van der Waals surface area contributed by atoms with Gasteiger partial charge in [0.05, 0.1) is 24.3 Å². The molecule has 0 atom stereocenters. The minimum atomic E-state index is -0.320. The molecule has 1 aromatic heterocycles. The van der Waals surface area contributed by atoms with Crippen molar-refractivity contribution in [1.82, 2.24) is 0 Å². The largest absolute Gasteiger partial charge is 0.495 e. The highest BCUT2D eigenvalue weighted by atomic mass is 32.1. The first-order chi connectivity index (χ1) is 16.0. The molecule has 0 aliphatic rings. The van der Waals surface area contributed by atoms with E-state index in [4.69, 9.17) is 14.2 Å². The predicted octanol–water partition coefficient (Wildman–Crippen LogP) is 5.63. The van der Waals surface area contributed by atoms with Gasteiger partial charge in [-0.05, 0) is 61.4 Å². The molecule has 1 heterocycles. The summed E-state index contributed by atoms with van der Waals surface area (Å²) in [5.74, 6) is 1.16. The van der Waals surface area contributed by atoms with Gasteiger partial charge in [0.1, 0.15) is 5.75 Å². The Morgan fingerprint density at radius 3 is 2.52 bits per heavy atom. The van der Waals surface area contributed by atoms with Crippen LogP contribution in [-0.2, 0) is 11.2 Å². The summed E-state index contributed by atoms with van der Waals surface area (Å²) < 4.78 is 16.6. The van der Waals surface area contributed by atoms with Crippen molar-refractivity contribution in [3.63, 3.8) is 0 Å². The molecular weight excluding hydrogens is 438 g/mol. The zero-order chi connectivity index (χ0) is 23.6. The SMILES string of the molecule is CCOc1cc(/C=C/C(=O)c2ccc(CC)s2)ccc1OCC(=O)Nc1ccccc1OC. The number of thiophene rings is 1. The average molecular weight is 466 g/mol. The Bertz CT molecular complexity index is 1140. The Balaban J connectivity index is 1.65. The van der Waals surface area contributed by atoms with Crippen LogP contribution in [0.5, 0.6) is 17.2 Å². The molecule has 0 saturated carbocycles.